The van der Waals surface area contributed by atoms with Gasteiger partial charge in [0.1, 0.15) is 11.9 Å². The van der Waals surface area contributed by atoms with E-state index in [4.69, 9.17) is 15.2 Å². The fourth-order valence-electron chi connectivity index (χ4n) is 1.43. The number of para-hydroxylation sites is 1. The summed E-state index contributed by atoms with van der Waals surface area (Å²) < 4.78 is 10.8. The molecular weight excluding hydrogens is 190 g/mol. The summed E-state index contributed by atoms with van der Waals surface area (Å²) in [5.41, 5.74) is 6.79. The van der Waals surface area contributed by atoms with E-state index in [1.165, 1.54) is 5.56 Å². The largest absolute Gasteiger partial charge is 0.486 e. The topological polar surface area (TPSA) is 44.5 Å². The van der Waals surface area contributed by atoms with E-state index in [1.807, 2.05) is 18.2 Å². The third-order valence-electron chi connectivity index (χ3n) is 2.26. The molecule has 1 rings (SSSR count). The van der Waals surface area contributed by atoms with Crippen molar-refractivity contribution in [2.24, 2.45) is 5.73 Å². The van der Waals surface area contributed by atoms with Crippen molar-refractivity contribution in [3.05, 3.63) is 29.8 Å². The van der Waals surface area contributed by atoms with Gasteiger partial charge >= 0.3 is 0 Å². The highest BCUT2D eigenvalue weighted by Gasteiger charge is 2.09. The van der Waals surface area contributed by atoms with Crippen molar-refractivity contribution in [1.82, 2.24) is 0 Å². The zero-order valence-corrected chi connectivity index (χ0v) is 9.40. The third kappa shape index (κ3) is 3.53. The van der Waals surface area contributed by atoms with Gasteiger partial charge in [0.15, 0.2) is 0 Å². The van der Waals surface area contributed by atoms with E-state index in [0.717, 1.165) is 12.2 Å². The summed E-state index contributed by atoms with van der Waals surface area (Å²) in [5, 5.41) is 0. The Hall–Kier alpha value is -1.06. The summed E-state index contributed by atoms with van der Waals surface area (Å²) in [6, 6.07) is 8.02. The average molecular weight is 209 g/mol. The highest BCUT2D eigenvalue weighted by atomic mass is 16.5. The molecule has 3 heteroatoms. The lowest BCUT2D eigenvalue weighted by atomic mass is 10.1. The van der Waals surface area contributed by atoms with Gasteiger partial charge in [-0.15, -0.1) is 0 Å². The minimum Gasteiger partial charge on any atom is -0.486 e. The summed E-state index contributed by atoms with van der Waals surface area (Å²) >= 11 is 0. The second-order valence-corrected chi connectivity index (χ2v) is 3.39. The fourth-order valence-corrected chi connectivity index (χ4v) is 1.43. The van der Waals surface area contributed by atoms with Gasteiger partial charge in [-0.05, 0) is 18.1 Å². The molecule has 2 N–H and O–H groups in total. The van der Waals surface area contributed by atoms with Crippen LogP contribution in [0, 0.1) is 0 Å². The molecular formula is C12H19NO2. The van der Waals surface area contributed by atoms with Crippen LogP contribution < -0.4 is 10.5 Å². The van der Waals surface area contributed by atoms with Crippen molar-refractivity contribution >= 4 is 0 Å². The first-order valence-electron chi connectivity index (χ1n) is 5.25. The summed E-state index contributed by atoms with van der Waals surface area (Å²) in [4.78, 5) is 0. The van der Waals surface area contributed by atoms with Gasteiger partial charge in [-0.25, -0.2) is 0 Å². The summed E-state index contributed by atoms with van der Waals surface area (Å²) in [6.45, 7) is 3.09. The number of benzene rings is 1. The van der Waals surface area contributed by atoms with Gasteiger partial charge in [-0.2, -0.15) is 0 Å². The predicted molar refractivity (Wildman–Crippen MR) is 61.2 cm³/mol. The van der Waals surface area contributed by atoms with Gasteiger partial charge in [0.05, 0.1) is 6.61 Å². The monoisotopic (exact) mass is 209 g/mol. The molecule has 84 valence electrons. The second-order valence-electron chi connectivity index (χ2n) is 3.39. The van der Waals surface area contributed by atoms with Crippen LogP contribution in [0.4, 0.5) is 0 Å². The molecule has 0 saturated heterocycles. The lowest BCUT2D eigenvalue weighted by Crippen LogP contribution is -2.31. The maximum absolute atomic E-state index is 5.78. The fraction of sp³-hybridized carbons (Fsp3) is 0.500. The average Bonchev–Trinajstić information content (AvgIpc) is 2.29. The third-order valence-corrected chi connectivity index (χ3v) is 2.26. The Morgan fingerprint density at radius 3 is 2.67 bits per heavy atom. The van der Waals surface area contributed by atoms with Crippen LogP contribution in [0.3, 0.4) is 0 Å². The van der Waals surface area contributed by atoms with Gasteiger partial charge < -0.3 is 15.2 Å². The molecule has 0 fully saturated rings. The number of hydrogen-bond donors (Lipinski definition) is 1. The molecule has 0 aliphatic rings. The lowest BCUT2D eigenvalue weighted by molar-refractivity contribution is 0.0854. The first kappa shape index (κ1) is 12.0. The summed E-state index contributed by atoms with van der Waals surface area (Å²) in [7, 11) is 1.65. The van der Waals surface area contributed by atoms with E-state index in [0.29, 0.717) is 13.2 Å². The molecule has 0 amide bonds. The van der Waals surface area contributed by atoms with Crippen molar-refractivity contribution in [3.63, 3.8) is 0 Å². The maximum Gasteiger partial charge on any atom is 0.134 e. The molecule has 0 bridgehead atoms. The van der Waals surface area contributed by atoms with E-state index in [-0.39, 0.29) is 6.10 Å². The number of ether oxygens (including phenoxy) is 2. The van der Waals surface area contributed by atoms with E-state index in [9.17, 15) is 0 Å². The van der Waals surface area contributed by atoms with Crippen LogP contribution >= 0.6 is 0 Å². The van der Waals surface area contributed by atoms with Crippen molar-refractivity contribution in [3.8, 4) is 5.75 Å². The van der Waals surface area contributed by atoms with E-state index in [2.05, 4.69) is 13.0 Å². The van der Waals surface area contributed by atoms with E-state index >= 15 is 0 Å². The Balaban J connectivity index is 2.69. The Labute approximate surface area is 91.2 Å². The SMILES string of the molecule is CCc1ccccc1OC(CN)COC. The molecule has 0 radical (unpaired) electrons. The minimum absolute atomic E-state index is 0.0669. The zero-order valence-electron chi connectivity index (χ0n) is 9.40. The van der Waals surface area contributed by atoms with Crippen LogP contribution in [0.15, 0.2) is 24.3 Å². The molecule has 1 unspecified atom stereocenters. The zero-order chi connectivity index (χ0) is 11.1. The normalized spacial score (nSPS) is 12.5. The number of nitrogens with two attached hydrogens (primary N) is 1. The van der Waals surface area contributed by atoms with Gasteiger partial charge in [-0.1, -0.05) is 25.1 Å². The molecule has 0 spiro atoms. The second kappa shape index (κ2) is 6.43. The first-order chi connectivity index (χ1) is 7.31. The van der Waals surface area contributed by atoms with Crippen LogP contribution in [-0.4, -0.2) is 26.4 Å². The van der Waals surface area contributed by atoms with Gasteiger partial charge in [0, 0.05) is 13.7 Å². The molecule has 1 atom stereocenters. The highest BCUT2D eigenvalue weighted by molar-refractivity contribution is 5.33. The number of aryl methyl sites for hydroxylation is 1. The van der Waals surface area contributed by atoms with Crippen LogP contribution in [0.2, 0.25) is 0 Å². The van der Waals surface area contributed by atoms with Crippen molar-refractivity contribution in [1.29, 1.82) is 0 Å². The first-order valence-corrected chi connectivity index (χ1v) is 5.25. The van der Waals surface area contributed by atoms with Crippen LogP contribution in [0.1, 0.15) is 12.5 Å². The van der Waals surface area contributed by atoms with Crippen molar-refractivity contribution in [2.45, 2.75) is 19.4 Å². The van der Waals surface area contributed by atoms with Crippen LogP contribution in [0.5, 0.6) is 5.75 Å². The summed E-state index contributed by atoms with van der Waals surface area (Å²) in [5.74, 6) is 0.910. The van der Waals surface area contributed by atoms with Crippen LogP contribution in [-0.2, 0) is 11.2 Å². The van der Waals surface area contributed by atoms with E-state index in [1.54, 1.807) is 7.11 Å². The molecule has 0 aliphatic carbocycles. The quantitative estimate of drug-likeness (QED) is 0.774. The Morgan fingerprint density at radius 1 is 1.33 bits per heavy atom. The molecule has 15 heavy (non-hydrogen) atoms. The Bertz CT molecular complexity index is 289. The van der Waals surface area contributed by atoms with Gasteiger partial charge in [0.25, 0.3) is 0 Å². The Morgan fingerprint density at radius 2 is 2.07 bits per heavy atom. The molecule has 1 aromatic carbocycles. The Kier molecular flexibility index (Phi) is 5.15. The van der Waals surface area contributed by atoms with Crippen molar-refractivity contribution in [2.75, 3.05) is 20.3 Å². The van der Waals surface area contributed by atoms with E-state index < -0.39 is 0 Å². The lowest BCUT2D eigenvalue weighted by Gasteiger charge is -2.18. The maximum atomic E-state index is 5.78. The smallest absolute Gasteiger partial charge is 0.134 e. The predicted octanol–water partition coefficient (Wildman–Crippen LogP) is 1.60. The highest BCUT2D eigenvalue weighted by Crippen LogP contribution is 2.19. The minimum atomic E-state index is -0.0669. The molecule has 3 nitrogen and oxygen atoms in total. The van der Waals surface area contributed by atoms with Gasteiger partial charge in [0.2, 0.25) is 0 Å². The number of hydrogen-bond acceptors (Lipinski definition) is 3. The van der Waals surface area contributed by atoms with Gasteiger partial charge in [-0.3, -0.25) is 0 Å². The molecule has 1 aromatic rings. The molecule has 0 saturated carbocycles. The molecule has 0 aliphatic heterocycles. The molecule has 0 aromatic heterocycles. The standard InChI is InChI=1S/C12H19NO2/c1-3-10-6-4-5-7-12(10)15-11(8-13)9-14-2/h4-7,11H,3,8-9,13H2,1-2H3. The number of rotatable bonds is 6. The summed E-state index contributed by atoms with van der Waals surface area (Å²) in [6.07, 6.45) is 0.892. The van der Waals surface area contributed by atoms with Crippen LogP contribution in [0.25, 0.3) is 0 Å². The van der Waals surface area contributed by atoms with Crippen molar-refractivity contribution < 1.29 is 9.47 Å². The molecule has 0 heterocycles. The number of methoxy groups -OCH3 is 1.